The molecule has 7 nitrogen and oxygen atoms in total. The highest BCUT2D eigenvalue weighted by Gasteiger charge is 2.17. The van der Waals surface area contributed by atoms with Gasteiger partial charge < -0.3 is 15.5 Å². The number of nitro groups is 1. The minimum atomic E-state index is -0.466. The summed E-state index contributed by atoms with van der Waals surface area (Å²) >= 11 is 0. The van der Waals surface area contributed by atoms with E-state index in [4.69, 9.17) is 0 Å². The van der Waals surface area contributed by atoms with Crippen molar-refractivity contribution in [2.45, 2.75) is 44.6 Å². The van der Waals surface area contributed by atoms with Crippen LogP contribution in [0, 0.1) is 10.1 Å². The van der Waals surface area contributed by atoms with E-state index < -0.39 is 4.92 Å². The Kier molecular flexibility index (Phi) is 6.99. The highest BCUT2D eigenvalue weighted by atomic mass is 16.6. The Morgan fingerprint density at radius 3 is 2.54 bits per heavy atom. The van der Waals surface area contributed by atoms with Gasteiger partial charge in [0.05, 0.1) is 4.92 Å². The molecule has 2 rings (SSSR count). The van der Waals surface area contributed by atoms with Gasteiger partial charge in [-0.15, -0.1) is 0 Å². The van der Waals surface area contributed by atoms with E-state index in [1.807, 2.05) is 0 Å². The minimum Gasteiger partial charge on any atom is -0.338 e. The molecule has 1 aliphatic carbocycles. The molecule has 0 spiro atoms. The van der Waals surface area contributed by atoms with E-state index in [9.17, 15) is 14.9 Å². The van der Waals surface area contributed by atoms with E-state index in [1.165, 1.54) is 56.4 Å². The van der Waals surface area contributed by atoms with Crippen LogP contribution < -0.4 is 10.6 Å². The van der Waals surface area contributed by atoms with Crippen molar-refractivity contribution < 1.29 is 9.72 Å². The number of non-ortho nitro benzene ring substituents is 1. The molecule has 0 atom stereocenters. The Hall–Kier alpha value is -2.15. The summed E-state index contributed by atoms with van der Waals surface area (Å²) in [5.74, 6) is 0. The molecule has 0 radical (unpaired) electrons. The molecule has 24 heavy (non-hydrogen) atoms. The molecule has 0 heterocycles. The number of amides is 2. The third-order valence-electron chi connectivity index (χ3n) is 4.51. The summed E-state index contributed by atoms with van der Waals surface area (Å²) in [6, 6.07) is 6.18. The summed E-state index contributed by atoms with van der Waals surface area (Å²) in [7, 11) is 2.16. The van der Waals surface area contributed by atoms with E-state index in [0.29, 0.717) is 18.3 Å². The third kappa shape index (κ3) is 5.81. The highest BCUT2D eigenvalue weighted by Crippen LogP contribution is 2.21. The maximum atomic E-state index is 11.8. The van der Waals surface area contributed by atoms with Gasteiger partial charge in [0.25, 0.3) is 5.69 Å². The summed E-state index contributed by atoms with van der Waals surface area (Å²) in [4.78, 5) is 24.3. The average molecular weight is 334 g/mol. The molecule has 132 valence electrons. The molecule has 1 aromatic carbocycles. The van der Waals surface area contributed by atoms with Gasteiger partial charge in [0.2, 0.25) is 0 Å². The number of nitrogens with zero attached hydrogens (tertiary/aromatic N) is 2. The molecular weight excluding hydrogens is 308 g/mol. The van der Waals surface area contributed by atoms with Gasteiger partial charge >= 0.3 is 6.03 Å². The number of hydrogen-bond donors (Lipinski definition) is 2. The summed E-state index contributed by atoms with van der Waals surface area (Å²) in [5.41, 5.74) is 0.545. The fourth-order valence-electron chi connectivity index (χ4n) is 3.08. The van der Waals surface area contributed by atoms with Gasteiger partial charge in [0, 0.05) is 30.4 Å². The number of rotatable bonds is 7. The molecule has 7 heteroatoms. The van der Waals surface area contributed by atoms with Crippen molar-refractivity contribution in [2.75, 3.05) is 25.5 Å². The van der Waals surface area contributed by atoms with E-state index in [0.717, 1.165) is 13.0 Å². The van der Waals surface area contributed by atoms with Gasteiger partial charge in [-0.3, -0.25) is 10.1 Å². The predicted molar refractivity (Wildman–Crippen MR) is 94.2 cm³/mol. The zero-order valence-corrected chi connectivity index (χ0v) is 14.2. The summed E-state index contributed by atoms with van der Waals surface area (Å²) in [6.45, 7) is 1.58. The van der Waals surface area contributed by atoms with Gasteiger partial charge in [-0.05, 0) is 45.0 Å². The molecule has 0 saturated heterocycles. The molecule has 0 bridgehead atoms. The first-order valence-electron chi connectivity index (χ1n) is 8.56. The van der Waals surface area contributed by atoms with E-state index in [2.05, 4.69) is 22.6 Å². The lowest BCUT2D eigenvalue weighted by atomic mass is 9.94. The summed E-state index contributed by atoms with van der Waals surface area (Å²) in [6.07, 6.45) is 7.47. The molecule has 1 aliphatic rings. The molecule has 1 fully saturated rings. The van der Waals surface area contributed by atoms with E-state index in [-0.39, 0.29) is 11.7 Å². The first-order chi connectivity index (χ1) is 11.6. The van der Waals surface area contributed by atoms with Gasteiger partial charge in [0.15, 0.2) is 0 Å². The molecule has 2 amide bonds. The number of urea groups is 1. The largest absolute Gasteiger partial charge is 0.338 e. The molecule has 1 saturated carbocycles. The maximum absolute atomic E-state index is 11.8. The van der Waals surface area contributed by atoms with Crippen LogP contribution in [0.4, 0.5) is 16.2 Å². The van der Waals surface area contributed by atoms with Gasteiger partial charge in [-0.1, -0.05) is 19.3 Å². The van der Waals surface area contributed by atoms with Crippen molar-refractivity contribution in [3.63, 3.8) is 0 Å². The zero-order valence-electron chi connectivity index (χ0n) is 14.2. The van der Waals surface area contributed by atoms with Crippen molar-refractivity contribution in [1.82, 2.24) is 10.2 Å². The lowest BCUT2D eigenvalue weighted by Gasteiger charge is -2.31. The Labute approximate surface area is 142 Å². The quantitative estimate of drug-likeness (QED) is 0.454. The Morgan fingerprint density at radius 2 is 1.92 bits per heavy atom. The van der Waals surface area contributed by atoms with E-state index >= 15 is 0 Å². The molecule has 0 aliphatic heterocycles. The van der Waals surface area contributed by atoms with Crippen LogP contribution in [-0.2, 0) is 0 Å². The van der Waals surface area contributed by atoms with Gasteiger partial charge in [-0.2, -0.15) is 0 Å². The highest BCUT2D eigenvalue weighted by molar-refractivity contribution is 5.89. The van der Waals surface area contributed by atoms with Gasteiger partial charge in [-0.25, -0.2) is 4.79 Å². The average Bonchev–Trinajstić information content (AvgIpc) is 2.59. The number of benzene rings is 1. The normalized spacial score (nSPS) is 15.2. The Morgan fingerprint density at radius 1 is 1.25 bits per heavy atom. The van der Waals surface area contributed by atoms with Crippen molar-refractivity contribution in [2.24, 2.45) is 0 Å². The fraction of sp³-hybridized carbons (Fsp3) is 0.588. The second-order valence-electron chi connectivity index (χ2n) is 6.31. The number of nitrogens with one attached hydrogen (secondary N) is 2. The smallest absolute Gasteiger partial charge is 0.319 e. The lowest BCUT2D eigenvalue weighted by Crippen LogP contribution is -2.36. The van der Waals surface area contributed by atoms with Crippen LogP contribution in [0.3, 0.4) is 0 Å². The number of nitro benzene ring substituents is 1. The summed E-state index contributed by atoms with van der Waals surface area (Å²) < 4.78 is 0. The molecule has 1 aromatic rings. The van der Waals surface area contributed by atoms with Crippen LogP contribution in [0.1, 0.15) is 38.5 Å². The first kappa shape index (κ1) is 18.2. The second kappa shape index (κ2) is 9.22. The molecule has 0 unspecified atom stereocenters. The standard InChI is InChI=1S/C17H26N4O3/c1-20(15-6-3-2-4-7-15)13-5-12-18-17(22)19-14-8-10-16(11-9-14)21(23)24/h8-11,15H,2-7,12-13H2,1H3,(H2,18,19,22). The fourth-order valence-corrected chi connectivity index (χ4v) is 3.08. The van der Waals surface area contributed by atoms with Crippen LogP contribution in [0.25, 0.3) is 0 Å². The minimum absolute atomic E-state index is 0.00621. The van der Waals surface area contributed by atoms with Crippen LogP contribution >= 0.6 is 0 Å². The monoisotopic (exact) mass is 334 g/mol. The van der Waals surface area contributed by atoms with Crippen molar-refractivity contribution in [3.05, 3.63) is 34.4 Å². The van der Waals surface area contributed by atoms with Crippen LogP contribution in [0.15, 0.2) is 24.3 Å². The number of carbonyl (C=O) groups is 1. The summed E-state index contributed by atoms with van der Waals surface area (Å²) in [5, 5.41) is 16.1. The Bertz CT molecular complexity index is 541. The lowest BCUT2D eigenvalue weighted by molar-refractivity contribution is -0.384. The SMILES string of the molecule is CN(CCCNC(=O)Nc1ccc([N+](=O)[O-])cc1)C1CCCCC1. The van der Waals surface area contributed by atoms with Crippen molar-refractivity contribution in [1.29, 1.82) is 0 Å². The van der Waals surface area contributed by atoms with Crippen LogP contribution in [0.5, 0.6) is 0 Å². The second-order valence-corrected chi connectivity index (χ2v) is 6.31. The van der Waals surface area contributed by atoms with Crippen LogP contribution in [0.2, 0.25) is 0 Å². The topological polar surface area (TPSA) is 87.5 Å². The third-order valence-corrected chi connectivity index (χ3v) is 4.51. The molecule has 2 N–H and O–H groups in total. The van der Waals surface area contributed by atoms with Crippen molar-refractivity contribution in [3.8, 4) is 0 Å². The zero-order chi connectivity index (χ0) is 17.4. The number of anilines is 1. The maximum Gasteiger partial charge on any atom is 0.319 e. The van der Waals surface area contributed by atoms with E-state index in [1.54, 1.807) is 0 Å². The Balaban J connectivity index is 1.63. The molecule has 0 aromatic heterocycles. The number of hydrogen-bond acceptors (Lipinski definition) is 4. The predicted octanol–water partition coefficient (Wildman–Crippen LogP) is 3.37. The van der Waals surface area contributed by atoms with Gasteiger partial charge in [0.1, 0.15) is 0 Å². The van der Waals surface area contributed by atoms with Crippen LogP contribution in [-0.4, -0.2) is 42.0 Å². The first-order valence-corrected chi connectivity index (χ1v) is 8.56. The molecular formula is C17H26N4O3. The number of carbonyl (C=O) groups excluding carboxylic acids is 1. The van der Waals surface area contributed by atoms with Crippen molar-refractivity contribution >= 4 is 17.4 Å².